The first-order valence-corrected chi connectivity index (χ1v) is 5.58. The summed E-state index contributed by atoms with van der Waals surface area (Å²) in [6.45, 7) is 3.99. The first-order valence-electron chi connectivity index (χ1n) is 5.58. The number of nitrogens with one attached hydrogen (secondary N) is 1. The molecule has 0 radical (unpaired) electrons. The third-order valence-electron chi connectivity index (χ3n) is 2.87. The van der Waals surface area contributed by atoms with E-state index in [2.05, 4.69) is 10.1 Å². The number of hydrogen-bond donors (Lipinski definition) is 1. The predicted octanol–water partition coefficient (Wildman–Crippen LogP) is 1.91. The number of anilines is 1. The van der Waals surface area contributed by atoms with Crippen molar-refractivity contribution in [1.82, 2.24) is 0 Å². The monoisotopic (exact) mass is 253 g/mol. The van der Waals surface area contributed by atoms with E-state index in [0.717, 1.165) is 16.9 Å². The second-order valence-corrected chi connectivity index (χ2v) is 3.84. The van der Waals surface area contributed by atoms with Crippen LogP contribution in [-0.4, -0.2) is 33.8 Å². The maximum atomic E-state index is 11.1. The minimum absolute atomic E-state index is 0.0819. The molecule has 0 aromatic heterocycles. The third kappa shape index (κ3) is 2.85. The van der Waals surface area contributed by atoms with Crippen LogP contribution in [0.25, 0.3) is 0 Å². The van der Waals surface area contributed by atoms with Gasteiger partial charge in [-0.05, 0) is 25.0 Å². The predicted molar refractivity (Wildman–Crippen MR) is 69.5 cm³/mol. The van der Waals surface area contributed by atoms with Crippen molar-refractivity contribution in [3.63, 3.8) is 0 Å². The van der Waals surface area contributed by atoms with Gasteiger partial charge in [-0.2, -0.15) is 0 Å². The summed E-state index contributed by atoms with van der Waals surface area (Å²) in [7, 11) is 4.55. The Morgan fingerprint density at radius 1 is 1.17 bits per heavy atom. The van der Waals surface area contributed by atoms with E-state index in [1.165, 1.54) is 7.11 Å². The molecule has 0 bridgehead atoms. The zero-order valence-electron chi connectivity index (χ0n) is 11.4. The van der Waals surface area contributed by atoms with Crippen LogP contribution in [-0.2, 0) is 9.53 Å². The zero-order chi connectivity index (χ0) is 13.7. The second kappa shape index (κ2) is 6.14. The van der Waals surface area contributed by atoms with Crippen LogP contribution in [0.4, 0.5) is 5.69 Å². The number of carbonyl (C=O) groups is 1. The van der Waals surface area contributed by atoms with E-state index in [1.807, 2.05) is 19.9 Å². The summed E-state index contributed by atoms with van der Waals surface area (Å²) < 4.78 is 15.2. The molecule has 0 heterocycles. The summed E-state index contributed by atoms with van der Waals surface area (Å²) in [5, 5.41) is 2.98. The highest BCUT2D eigenvalue weighted by Crippen LogP contribution is 2.36. The maximum Gasteiger partial charge on any atom is 0.325 e. The fraction of sp³-hybridized carbons (Fsp3) is 0.462. The third-order valence-corrected chi connectivity index (χ3v) is 2.87. The van der Waals surface area contributed by atoms with Gasteiger partial charge in [0.05, 0.1) is 27.0 Å². The molecule has 0 unspecified atom stereocenters. The minimum atomic E-state index is -0.339. The lowest BCUT2D eigenvalue weighted by atomic mass is 10.1. The van der Waals surface area contributed by atoms with Crippen molar-refractivity contribution in [1.29, 1.82) is 0 Å². The van der Waals surface area contributed by atoms with Crippen LogP contribution in [0, 0.1) is 13.8 Å². The van der Waals surface area contributed by atoms with Gasteiger partial charge in [-0.1, -0.05) is 0 Å². The highest BCUT2D eigenvalue weighted by Gasteiger charge is 2.14. The number of methoxy groups -OCH3 is 3. The van der Waals surface area contributed by atoms with Crippen molar-refractivity contribution in [2.24, 2.45) is 0 Å². The maximum absolute atomic E-state index is 11.1. The van der Waals surface area contributed by atoms with Gasteiger partial charge in [0.15, 0.2) is 0 Å². The number of esters is 1. The molecule has 0 aliphatic carbocycles. The molecule has 0 amide bonds. The molecule has 0 saturated heterocycles. The van der Waals surface area contributed by atoms with Crippen LogP contribution < -0.4 is 14.8 Å². The normalized spacial score (nSPS) is 9.83. The summed E-state index contributed by atoms with van der Waals surface area (Å²) in [6, 6.07) is 1.81. The lowest BCUT2D eigenvalue weighted by molar-refractivity contribution is -0.138. The van der Waals surface area contributed by atoms with Gasteiger partial charge in [-0.15, -0.1) is 0 Å². The quantitative estimate of drug-likeness (QED) is 0.812. The molecule has 5 nitrogen and oxygen atoms in total. The number of carbonyl (C=O) groups excluding carboxylic acids is 1. The molecule has 1 N–H and O–H groups in total. The van der Waals surface area contributed by atoms with Crippen LogP contribution >= 0.6 is 0 Å². The van der Waals surface area contributed by atoms with Gasteiger partial charge < -0.3 is 19.5 Å². The second-order valence-electron chi connectivity index (χ2n) is 3.84. The minimum Gasteiger partial charge on any atom is -0.496 e. The molecule has 0 saturated carbocycles. The van der Waals surface area contributed by atoms with Crippen LogP contribution in [0.2, 0.25) is 0 Å². The lowest BCUT2D eigenvalue weighted by Crippen LogP contribution is -2.16. The van der Waals surface area contributed by atoms with Gasteiger partial charge in [0.2, 0.25) is 0 Å². The van der Waals surface area contributed by atoms with Crippen molar-refractivity contribution in [2.75, 3.05) is 33.2 Å². The highest BCUT2D eigenvalue weighted by atomic mass is 16.5. The number of rotatable bonds is 5. The average Bonchev–Trinajstić information content (AvgIpc) is 2.39. The van der Waals surface area contributed by atoms with E-state index < -0.39 is 0 Å². The Kier molecular flexibility index (Phi) is 4.83. The lowest BCUT2D eigenvalue weighted by Gasteiger charge is -2.17. The van der Waals surface area contributed by atoms with E-state index in [-0.39, 0.29) is 12.5 Å². The van der Waals surface area contributed by atoms with Gasteiger partial charge in [0.25, 0.3) is 0 Å². The van der Waals surface area contributed by atoms with Gasteiger partial charge in [-0.3, -0.25) is 4.79 Å². The van der Waals surface area contributed by atoms with E-state index in [1.54, 1.807) is 14.2 Å². The Balaban J connectivity index is 3.09. The zero-order valence-corrected chi connectivity index (χ0v) is 11.4. The molecular weight excluding hydrogens is 234 g/mol. The van der Waals surface area contributed by atoms with Crippen molar-refractivity contribution < 1.29 is 19.0 Å². The van der Waals surface area contributed by atoms with E-state index in [0.29, 0.717) is 11.4 Å². The molecule has 0 atom stereocenters. The van der Waals surface area contributed by atoms with Gasteiger partial charge in [0, 0.05) is 6.07 Å². The first-order chi connectivity index (χ1) is 8.54. The van der Waals surface area contributed by atoms with Gasteiger partial charge >= 0.3 is 5.97 Å². The van der Waals surface area contributed by atoms with Crippen molar-refractivity contribution in [2.45, 2.75) is 13.8 Å². The molecule has 1 aromatic carbocycles. The Labute approximate surface area is 107 Å². The smallest absolute Gasteiger partial charge is 0.325 e. The molecule has 0 aliphatic rings. The largest absolute Gasteiger partial charge is 0.496 e. The fourth-order valence-corrected chi connectivity index (χ4v) is 1.71. The summed E-state index contributed by atoms with van der Waals surface area (Å²) in [4.78, 5) is 11.1. The fourth-order valence-electron chi connectivity index (χ4n) is 1.71. The van der Waals surface area contributed by atoms with Crippen molar-refractivity contribution in [3.05, 3.63) is 17.2 Å². The first kappa shape index (κ1) is 14.2. The number of benzene rings is 1. The summed E-state index contributed by atoms with van der Waals surface area (Å²) in [5.41, 5.74) is 2.70. The Morgan fingerprint density at radius 3 is 2.33 bits per heavy atom. The molecule has 18 heavy (non-hydrogen) atoms. The standard InChI is InChI=1S/C13H19NO4/c1-8-9(2)13(18-5)10(6-11(8)16-3)14-7-12(15)17-4/h6,14H,7H2,1-5H3. The molecule has 0 fully saturated rings. The number of ether oxygens (including phenoxy) is 3. The molecule has 0 spiro atoms. The van der Waals surface area contributed by atoms with Gasteiger partial charge in [0.1, 0.15) is 18.0 Å². The number of hydrogen-bond acceptors (Lipinski definition) is 5. The molecule has 5 heteroatoms. The Morgan fingerprint density at radius 2 is 1.83 bits per heavy atom. The van der Waals surface area contributed by atoms with Crippen molar-refractivity contribution in [3.8, 4) is 11.5 Å². The summed E-state index contributed by atoms with van der Waals surface area (Å²) >= 11 is 0. The van der Waals surface area contributed by atoms with Gasteiger partial charge in [-0.25, -0.2) is 0 Å². The molecule has 100 valence electrons. The molecule has 0 aliphatic heterocycles. The molecule has 1 aromatic rings. The van der Waals surface area contributed by atoms with Crippen LogP contribution in [0.5, 0.6) is 11.5 Å². The summed E-state index contributed by atoms with van der Waals surface area (Å²) in [6.07, 6.45) is 0. The topological polar surface area (TPSA) is 56.8 Å². The molecular formula is C13H19NO4. The summed E-state index contributed by atoms with van der Waals surface area (Å²) in [5.74, 6) is 1.12. The average molecular weight is 253 g/mol. The molecule has 1 rings (SSSR count). The highest BCUT2D eigenvalue weighted by molar-refractivity contribution is 5.77. The van der Waals surface area contributed by atoms with Crippen LogP contribution in [0.3, 0.4) is 0 Å². The van der Waals surface area contributed by atoms with Crippen LogP contribution in [0.15, 0.2) is 6.07 Å². The van der Waals surface area contributed by atoms with E-state index >= 15 is 0 Å². The Bertz CT molecular complexity index is 443. The van der Waals surface area contributed by atoms with Crippen molar-refractivity contribution >= 4 is 11.7 Å². The van der Waals surface area contributed by atoms with E-state index in [4.69, 9.17) is 9.47 Å². The van der Waals surface area contributed by atoms with Crippen LogP contribution in [0.1, 0.15) is 11.1 Å². The Hall–Kier alpha value is -1.91. The SMILES string of the molecule is COC(=O)CNc1cc(OC)c(C)c(C)c1OC. The van der Waals surface area contributed by atoms with E-state index in [9.17, 15) is 4.79 Å².